The van der Waals surface area contributed by atoms with Gasteiger partial charge in [0.15, 0.2) is 12.6 Å². The van der Waals surface area contributed by atoms with Crippen LogP contribution >= 0.6 is 0 Å². The second-order valence-corrected chi connectivity index (χ2v) is 18.6. The van der Waals surface area contributed by atoms with Gasteiger partial charge < -0.3 is 75.1 Å². The van der Waals surface area contributed by atoms with E-state index in [1.165, 1.54) is 5.57 Å². The zero-order valence-electron chi connectivity index (χ0n) is 33.6. The molecule has 0 amide bonds. The van der Waals surface area contributed by atoms with E-state index in [9.17, 15) is 61.0 Å². The number of carboxylic acids is 1. The molecule has 4 fully saturated rings. The summed E-state index contributed by atoms with van der Waals surface area (Å²) in [4.78, 5) is 13.1. The summed E-state index contributed by atoms with van der Waals surface area (Å²) in [7, 11) is 0. The molecule has 16 heteroatoms. The first-order valence-electron chi connectivity index (χ1n) is 20.7. The second kappa shape index (κ2) is 17.0. The number of allylic oxidation sites excluding steroid dienone is 4. The number of aliphatic carboxylic acids is 1. The van der Waals surface area contributed by atoms with Gasteiger partial charge in [-0.15, -0.1) is 0 Å². The number of rotatable bonds is 13. The summed E-state index contributed by atoms with van der Waals surface area (Å²) in [5, 5.41) is 116. The quantitative estimate of drug-likeness (QED) is 0.114. The number of hydrogen-bond acceptors (Lipinski definition) is 15. The van der Waals surface area contributed by atoms with Gasteiger partial charge in [-0.25, -0.2) is 0 Å². The molecule has 11 N–H and O–H groups in total. The normalized spacial score (nSPS) is 46.8. The molecule has 326 valence electrons. The van der Waals surface area contributed by atoms with Crippen LogP contribution in [0.15, 0.2) is 23.3 Å². The lowest BCUT2D eigenvalue weighted by Crippen LogP contribution is -2.61. The fourth-order valence-electron chi connectivity index (χ4n) is 11.4. The number of fused-ring (bicyclic) bond motifs is 5. The van der Waals surface area contributed by atoms with E-state index in [4.69, 9.17) is 18.9 Å². The van der Waals surface area contributed by atoms with E-state index < -0.39 is 122 Å². The van der Waals surface area contributed by atoms with Crippen LogP contribution < -0.4 is 0 Å². The standard InChI is InChI=1S/C41H66O16/c1-18(2)41(53,19(3)54-37-34(49)32(47)30(45)27(16-42)56-37)13-9-23(36(51)52)29-26(44)15-25-22-7-6-20-14-21(8-11-39(20,4)24(22)10-12-40(25,29)5)55-38-35(50)33(48)31(46)28(17-43)57-38/h7,10,18-21,23,25-35,37-38,42-50,53H,6,8-9,11-17H2,1-5H3,(H,51,52)/t19-,20-,21-,23+,25-,26+,27+,28+,29-,30+,31+,32-,33-,34+,35+,37+,38+,39-,40-,41+/m0/s1. The van der Waals surface area contributed by atoms with Crippen molar-refractivity contribution in [1.82, 2.24) is 0 Å². The van der Waals surface area contributed by atoms with E-state index in [-0.39, 0.29) is 36.2 Å². The highest BCUT2D eigenvalue weighted by Gasteiger charge is 2.61. The molecule has 0 radical (unpaired) electrons. The van der Waals surface area contributed by atoms with E-state index in [1.54, 1.807) is 20.8 Å². The van der Waals surface area contributed by atoms with Crippen LogP contribution in [0.1, 0.15) is 86.0 Å². The lowest BCUT2D eigenvalue weighted by Gasteiger charge is -2.54. The SMILES string of the molecule is CC(C)[C@](O)(CC[C@@H](C(=O)O)[C@H]1[C@H](O)C[C@H]2C3=CC[C@H]4C[C@@H](O[C@@H]5O[C@H](CO)[C@@H](O)[C@H](O)[C@H]5O)CC[C@]4(C)C3=CC[C@]12C)[C@H](C)O[C@@H]1O[C@H](CO)[C@@H](O)[C@H](O)[C@H]1O. The van der Waals surface area contributed by atoms with Crippen molar-refractivity contribution in [3.8, 4) is 0 Å². The molecule has 0 spiro atoms. The van der Waals surface area contributed by atoms with Gasteiger partial charge in [0.2, 0.25) is 0 Å². The van der Waals surface area contributed by atoms with E-state index in [0.717, 1.165) is 18.4 Å². The number of ether oxygens (including phenoxy) is 4. The molecule has 2 saturated carbocycles. The number of carbonyl (C=O) groups is 1. The van der Waals surface area contributed by atoms with Crippen molar-refractivity contribution in [2.24, 2.45) is 40.4 Å². The van der Waals surface area contributed by atoms with Crippen LogP contribution in [0.25, 0.3) is 0 Å². The monoisotopic (exact) mass is 814 g/mol. The lowest BCUT2D eigenvalue weighted by atomic mass is 9.51. The minimum atomic E-state index is -1.67. The van der Waals surface area contributed by atoms with Gasteiger partial charge in [0.25, 0.3) is 0 Å². The Bertz CT molecular complexity index is 1490. The third-order valence-electron chi connectivity index (χ3n) is 15.2. The first-order chi connectivity index (χ1) is 26.7. The van der Waals surface area contributed by atoms with Crippen LogP contribution in [0.2, 0.25) is 0 Å². The number of hydrogen-bond donors (Lipinski definition) is 11. The summed E-state index contributed by atoms with van der Waals surface area (Å²) >= 11 is 0. The minimum absolute atomic E-state index is 0.0155. The van der Waals surface area contributed by atoms with Crippen LogP contribution in [0.4, 0.5) is 0 Å². The van der Waals surface area contributed by atoms with E-state index in [0.29, 0.717) is 25.7 Å². The Hall–Kier alpha value is -1.61. The van der Waals surface area contributed by atoms with Crippen LogP contribution in [-0.4, -0.2) is 161 Å². The Morgan fingerprint density at radius 2 is 1.47 bits per heavy atom. The maximum atomic E-state index is 13.1. The Morgan fingerprint density at radius 3 is 2.05 bits per heavy atom. The molecule has 0 aromatic carbocycles. The zero-order valence-corrected chi connectivity index (χ0v) is 33.6. The minimum Gasteiger partial charge on any atom is -0.481 e. The van der Waals surface area contributed by atoms with Gasteiger partial charge in [0, 0.05) is 5.92 Å². The van der Waals surface area contributed by atoms with Crippen LogP contribution in [0.5, 0.6) is 0 Å². The van der Waals surface area contributed by atoms with Gasteiger partial charge in [0.1, 0.15) is 48.8 Å². The Labute approximate surface area is 333 Å². The van der Waals surface area contributed by atoms with Gasteiger partial charge in [0.05, 0.1) is 43.0 Å². The topological polar surface area (TPSA) is 277 Å². The highest BCUT2D eigenvalue weighted by Crippen LogP contribution is 2.65. The van der Waals surface area contributed by atoms with Crippen molar-refractivity contribution in [1.29, 1.82) is 0 Å². The van der Waals surface area contributed by atoms with Gasteiger partial charge in [-0.3, -0.25) is 4.79 Å². The molecule has 0 aromatic rings. The molecular weight excluding hydrogens is 748 g/mol. The van der Waals surface area contributed by atoms with Gasteiger partial charge in [-0.1, -0.05) is 39.8 Å². The fraction of sp³-hybridized carbons (Fsp3) is 0.878. The van der Waals surface area contributed by atoms with Crippen molar-refractivity contribution < 1.29 is 79.9 Å². The predicted octanol–water partition coefficient (Wildman–Crippen LogP) is -0.285. The molecule has 57 heavy (non-hydrogen) atoms. The summed E-state index contributed by atoms with van der Waals surface area (Å²) in [6.07, 6.45) is -8.43. The number of aliphatic hydroxyl groups is 10. The van der Waals surface area contributed by atoms with Crippen molar-refractivity contribution in [2.75, 3.05) is 13.2 Å². The molecule has 20 atom stereocenters. The average molecular weight is 815 g/mol. The molecule has 0 unspecified atom stereocenters. The van der Waals surface area contributed by atoms with Crippen molar-refractivity contribution in [3.05, 3.63) is 23.3 Å². The zero-order chi connectivity index (χ0) is 41.9. The van der Waals surface area contributed by atoms with Crippen molar-refractivity contribution in [3.63, 3.8) is 0 Å². The van der Waals surface area contributed by atoms with Gasteiger partial charge in [-0.2, -0.15) is 0 Å². The molecule has 2 aliphatic heterocycles. The lowest BCUT2D eigenvalue weighted by molar-refractivity contribution is -0.324. The maximum Gasteiger partial charge on any atom is 0.306 e. The van der Waals surface area contributed by atoms with E-state index in [1.807, 2.05) is 0 Å². The third kappa shape index (κ3) is 7.91. The Balaban J connectivity index is 1.15. The average Bonchev–Trinajstić information content (AvgIpc) is 3.44. The summed E-state index contributed by atoms with van der Waals surface area (Å²) in [5.74, 6) is -3.11. The Morgan fingerprint density at radius 1 is 0.877 bits per heavy atom. The molecule has 6 aliphatic rings. The maximum absolute atomic E-state index is 13.1. The van der Waals surface area contributed by atoms with Gasteiger partial charge >= 0.3 is 5.97 Å². The summed E-state index contributed by atoms with van der Waals surface area (Å²) in [6, 6.07) is 0. The molecule has 4 aliphatic carbocycles. The van der Waals surface area contributed by atoms with E-state index in [2.05, 4.69) is 26.0 Å². The van der Waals surface area contributed by atoms with Crippen molar-refractivity contribution in [2.45, 2.75) is 171 Å². The highest BCUT2D eigenvalue weighted by atomic mass is 16.7. The molecule has 6 rings (SSSR count). The fourth-order valence-corrected chi connectivity index (χ4v) is 11.4. The summed E-state index contributed by atoms with van der Waals surface area (Å²) in [6.45, 7) is 8.20. The largest absolute Gasteiger partial charge is 0.481 e. The van der Waals surface area contributed by atoms with Gasteiger partial charge in [-0.05, 0) is 98.0 Å². The summed E-state index contributed by atoms with van der Waals surface area (Å²) < 4.78 is 23.2. The molecule has 0 bridgehead atoms. The summed E-state index contributed by atoms with van der Waals surface area (Å²) in [5.41, 5.74) is -0.0986. The third-order valence-corrected chi connectivity index (χ3v) is 15.2. The Kier molecular flexibility index (Phi) is 13.4. The number of aliphatic hydroxyl groups excluding tert-OH is 9. The number of carboxylic acid groups (broad SMARTS) is 1. The molecule has 16 nitrogen and oxygen atoms in total. The smallest absolute Gasteiger partial charge is 0.306 e. The molecule has 2 saturated heterocycles. The van der Waals surface area contributed by atoms with E-state index >= 15 is 0 Å². The molecular formula is C41H66O16. The van der Waals surface area contributed by atoms with Crippen molar-refractivity contribution >= 4 is 5.97 Å². The first kappa shape index (κ1) is 44.9. The first-order valence-corrected chi connectivity index (χ1v) is 20.7. The van der Waals surface area contributed by atoms with Crippen LogP contribution in [0.3, 0.4) is 0 Å². The molecule has 0 aromatic heterocycles. The highest BCUT2D eigenvalue weighted by molar-refractivity contribution is 5.71. The van der Waals surface area contributed by atoms with Crippen LogP contribution in [0, 0.1) is 40.4 Å². The molecule has 2 heterocycles. The van der Waals surface area contributed by atoms with Crippen LogP contribution in [-0.2, 0) is 23.7 Å². The second-order valence-electron chi connectivity index (χ2n) is 18.6. The predicted molar refractivity (Wildman–Crippen MR) is 200 cm³/mol.